The van der Waals surface area contributed by atoms with E-state index in [0.717, 1.165) is 43.1 Å². The molecule has 0 saturated heterocycles. The summed E-state index contributed by atoms with van der Waals surface area (Å²) < 4.78 is 5.69. The number of ether oxygens (including phenoxy) is 1. The molecule has 0 aliphatic heterocycles. The lowest BCUT2D eigenvalue weighted by Crippen LogP contribution is -2.56. The van der Waals surface area contributed by atoms with E-state index in [0.29, 0.717) is 24.9 Å². The number of fused-ring (bicyclic) bond motifs is 1. The molecular weight excluding hydrogens is 324 g/mol. The quantitative estimate of drug-likeness (QED) is 0.820. The van der Waals surface area contributed by atoms with Crippen molar-refractivity contribution in [2.75, 3.05) is 0 Å². The molecule has 136 valence electrons. The van der Waals surface area contributed by atoms with E-state index in [1.165, 1.54) is 11.8 Å². The van der Waals surface area contributed by atoms with Crippen LogP contribution in [0.2, 0.25) is 0 Å². The van der Waals surface area contributed by atoms with Gasteiger partial charge in [0.05, 0.1) is 12.0 Å². The number of aliphatic hydroxyl groups is 1. The van der Waals surface area contributed by atoms with Crippen molar-refractivity contribution >= 4 is 16.7 Å². The molecule has 4 fully saturated rings. The average Bonchev–Trinajstić information content (AvgIpc) is 2.57. The lowest BCUT2D eigenvalue weighted by Gasteiger charge is -2.60. The molecule has 26 heavy (non-hydrogen) atoms. The van der Waals surface area contributed by atoms with Gasteiger partial charge < -0.3 is 9.84 Å². The van der Waals surface area contributed by atoms with Crippen LogP contribution < -0.4 is 0 Å². The summed E-state index contributed by atoms with van der Waals surface area (Å²) in [6.07, 6.45) is 6.56. The van der Waals surface area contributed by atoms with Crippen molar-refractivity contribution in [3.05, 3.63) is 48.0 Å². The molecule has 2 aromatic rings. The molecule has 4 aliphatic rings. The van der Waals surface area contributed by atoms with Gasteiger partial charge in [0.15, 0.2) is 0 Å². The molecule has 2 unspecified atom stereocenters. The van der Waals surface area contributed by atoms with Crippen molar-refractivity contribution < 1.29 is 14.6 Å². The second kappa shape index (κ2) is 5.82. The summed E-state index contributed by atoms with van der Waals surface area (Å²) in [5.41, 5.74) is 0.523. The highest BCUT2D eigenvalue weighted by molar-refractivity contribution is 5.85. The first kappa shape index (κ1) is 16.3. The number of hydrogen-bond acceptors (Lipinski definition) is 3. The molecule has 4 bridgehead atoms. The van der Waals surface area contributed by atoms with Gasteiger partial charge in [0.1, 0.15) is 6.61 Å². The van der Waals surface area contributed by atoms with E-state index in [1.54, 1.807) is 0 Å². The molecule has 4 saturated carbocycles. The molecule has 2 aromatic carbocycles. The molecule has 0 aromatic heterocycles. The summed E-state index contributed by atoms with van der Waals surface area (Å²) in [7, 11) is 0. The molecule has 4 aliphatic carbocycles. The molecule has 1 N–H and O–H groups in total. The first-order valence-corrected chi connectivity index (χ1v) is 9.87. The summed E-state index contributed by atoms with van der Waals surface area (Å²) in [6.45, 7) is 0.327. The van der Waals surface area contributed by atoms with Gasteiger partial charge in [0.2, 0.25) is 0 Å². The van der Waals surface area contributed by atoms with E-state index in [9.17, 15) is 9.90 Å². The third kappa shape index (κ3) is 2.83. The summed E-state index contributed by atoms with van der Waals surface area (Å²) >= 11 is 0. The fourth-order valence-electron chi connectivity index (χ4n) is 6.54. The van der Waals surface area contributed by atoms with Crippen LogP contribution in [0.15, 0.2) is 42.5 Å². The highest BCUT2D eigenvalue weighted by atomic mass is 16.5. The maximum atomic E-state index is 12.6. The maximum absolute atomic E-state index is 12.6. The first-order valence-electron chi connectivity index (χ1n) is 9.87. The predicted octanol–water partition coefficient (Wildman–Crippen LogP) is 4.60. The van der Waals surface area contributed by atoms with Crippen molar-refractivity contribution in [2.24, 2.45) is 17.3 Å². The van der Waals surface area contributed by atoms with Crippen molar-refractivity contribution in [3.8, 4) is 0 Å². The van der Waals surface area contributed by atoms with Crippen LogP contribution >= 0.6 is 0 Å². The second-order valence-electron chi connectivity index (χ2n) is 9.16. The molecule has 6 rings (SSSR count). The predicted molar refractivity (Wildman–Crippen MR) is 100 cm³/mol. The number of hydrogen-bond donors (Lipinski definition) is 1. The van der Waals surface area contributed by atoms with Gasteiger partial charge in [-0.15, -0.1) is 0 Å². The zero-order chi connectivity index (χ0) is 17.8. The highest BCUT2D eigenvalue weighted by Crippen LogP contribution is 2.62. The molecule has 4 atom stereocenters. The number of carbonyl (C=O) groups excluding carboxylic acids is 1. The second-order valence-corrected chi connectivity index (χ2v) is 9.16. The molecule has 0 radical (unpaired) electrons. The summed E-state index contributed by atoms with van der Waals surface area (Å²) in [4.78, 5) is 12.6. The minimum absolute atomic E-state index is 0.0192. The summed E-state index contributed by atoms with van der Waals surface area (Å²) in [6, 6.07) is 14.3. The Morgan fingerprint density at radius 3 is 2.54 bits per heavy atom. The van der Waals surface area contributed by atoms with Crippen LogP contribution in [0.4, 0.5) is 0 Å². The molecule has 0 amide bonds. The van der Waals surface area contributed by atoms with E-state index >= 15 is 0 Å². The van der Waals surface area contributed by atoms with Gasteiger partial charge in [-0.1, -0.05) is 42.5 Å². The topological polar surface area (TPSA) is 46.5 Å². The van der Waals surface area contributed by atoms with Crippen LogP contribution in [0.5, 0.6) is 0 Å². The van der Waals surface area contributed by atoms with Crippen molar-refractivity contribution in [2.45, 2.75) is 57.2 Å². The van der Waals surface area contributed by atoms with E-state index in [4.69, 9.17) is 4.74 Å². The van der Waals surface area contributed by atoms with Crippen LogP contribution in [0.1, 0.15) is 50.5 Å². The van der Waals surface area contributed by atoms with E-state index in [2.05, 4.69) is 18.2 Å². The van der Waals surface area contributed by atoms with E-state index in [1.807, 2.05) is 24.3 Å². The minimum Gasteiger partial charge on any atom is -0.461 e. The third-order valence-electron chi connectivity index (χ3n) is 6.94. The Kier molecular flexibility index (Phi) is 3.65. The maximum Gasteiger partial charge on any atom is 0.306 e. The molecular formula is C23H26O3. The van der Waals surface area contributed by atoms with Crippen LogP contribution in [0, 0.1) is 17.3 Å². The number of carbonyl (C=O) groups is 1. The average molecular weight is 350 g/mol. The first-order chi connectivity index (χ1) is 12.5. The Morgan fingerprint density at radius 1 is 1.04 bits per heavy atom. The molecule has 3 nitrogen and oxygen atoms in total. The monoisotopic (exact) mass is 350 g/mol. The van der Waals surface area contributed by atoms with Crippen molar-refractivity contribution in [1.82, 2.24) is 0 Å². The standard InChI is InChI=1S/C23H26O3/c24-21(26-14-19-6-3-5-18-4-1-2-7-20(18)19)13-22-9-16-8-17(10-22)12-23(25,11-16)15-22/h1-7,16-17,25H,8-15H2/t16-,17+,22?,23?. The van der Waals surface area contributed by atoms with E-state index in [-0.39, 0.29) is 11.4 Å². The Labute approximate surface area is 154 Å². The SMILES string of the molecule is O=C(CC12C[C@@H]3C[C@@H](CC(O)(C3)C1)C2)OCc1cccc2ccccc12. The van der Waals surface area contributed by atoms with Gasteiger partial charge in [-0.3, -0.25) is 4.79 Å². The van der Waals surface area contributed by atoms with Gasteiger partial charge in [-0.05, 0) is 72.1 Å². The Morgan fingerprint density at radius 2 is 1.77 bits per heavy atom. The molecule has 0 heterocycles. The van der Waals surface area contributed by atoms with Crippen molar-refractivity contribution in [1.29, 1.82) is 0 Å². The zero-order valence-electron chi connectivity index (χ0n) is 15.1. The lowest BCUT2D eigenvalue weighted by atomic mass is 9.47. The number of esters is 1. The Bertz CT molecular complexity index is 836. The summed E-state index contributed by atoms with van der Waals surface area (Å²) in [5.74, 6) is 1.10. The summed E-state index contributed by atoms with van der Waals surface area (Å²) in [5, 5.41) is 13.2. The Hall–Kier alpha value is -1.87. The normalized spacial score (nSPS) is 35.0. The van der Waals surface area contributed by atoms with Gasteiger partial charge >= 0.3 is 5.97 Å². The van der Waals surface area contributed by atoms with Crippen LogP contribution in [-0.4, -0.2) is 16.7 Å². The van der Waals surface area contributed by atoms with Gasteiger partial charge in [-0.2, -0.15) is 0 Å². The van der Waals surface area contributed by atoms with Crippen LogP contribution in [0.25, 0.3) is 10.8 Å². The number of rotatable bonds is 4. The minimum atomic E-state index is -0.514. The highest BCUT2D eigenvalue weighted by Gasteiger charge is 2.57. The Balaban J connectivity index is 1.28. The molecule has 0 spiro atoms. The van der Waals surface area contributed by atoms with Gasteiger partial charge in [0.25, 0.3) is 0 Å². The zero-order valence-corrected chi connectivity index (χ0v) is 15.1. The third-order valence-corrected chi connectivity index (χ3v) is 6.94. The van der Waals surface area contributed by atoms with E-state index < -0.39 is 5.60 Å². The number of benzene rings is 2. The lowest BCUT2D eigenvalue weighted by molar-refractivity contribution is -0.177. The van der Waals surface area contributed by atoms with Gasteiger partial charge in [-0.25, -0.2) is 0 Å². The fraction of sp³-hybridized carbons (Fsp3) is 0.522. The fourth-order valence-corrected chi connectivity index (χ4v) is 6.54. The smallest absolute Gasteiger partial charge is 0.306 e. The van der Waals surface area contributed by atoms with Crippen molar-refractivity contribution in [3.63, 3.8) is 0 Å². The molecule has 3 heteroatoms. The van der Waals surface area contributed by atoms with Gasteiger partial charge in [0, 0.05) is 0 Å². The van der Waals surface area contributed by atoms with Crippen LogP contribution in [0.3, 0.4) is 0 Å². The largest absolute Gasteiger partial charge is 0.461 e. The van der Waals surface area contributed by atoms with Crippen LogP contribution in [-0.2, 0) is 16.1 Å².